The number of benzene rings is 2. The van der Waals surface area contributed by atoms with E-state index in [-0.39, 0.29) is 12.6 Å². The third-order valence-electron chi connectivity index (χ3n) is 3.21. The normalized spacial score (nSPS) is 11.7. The SMILES string of the molecule is CCC(N)c1cccc(NC(=O)OCc2ccccc2)c1. The molecule has 0 aliphatic rings. The summed E-state index contributed by atoms with van der Waals surface area (Å²) >= 11 is 0. The molecule has 4 heteroatoms. The fourth-order valence-electron chi connectivity index (χ4n) is 1.96. The van der Waals surface area contributed by atoms with E-state index in [0.29, 0.717) is 5.69 Å². The highest BCUT2D eigenvalue weighted by molar-refractivity contribution is 5.84. The van der Waals surface area contributed by atoms with Crippen molar-refractivity contribution in [1.82, 2.24) is 0 Å². The molecule has 1 atom stereocenters. The van der Waals surface area contributed by atoms with Crippen molar-refractivity contribution in [2.45, 2.75) is 26.0 Å². The third-order valence-corrected chi connectivity index (χ3v) is 3.21. The zero-order valence-corrected chi connectivity index (χ0v) is 12.1. The zero-order valence-electron chi connectivity index (χ0n) is 12.1. The second kappa shape index (κ2) is 7.45. The van der Waals surface area contributed by atoms with E-state index in [1.54, 1.807) is 0 Å². The molecule has 0 heterocycles. The number of hydrogen-bond donors (Lipinski definition) is 2. The molecule has 2 aromatic carbocycles. The van der Waals surface area contributed by atoms with Gasteiger partial charge in [-0.1, -0.05) is 49.4 Å². The van der Waals surface area contributed by atoms with Gasteiger partial charge in [0.1, 0.15) is 6.61 Å². The van der Waals surface area contributed by atoms with Gasteiger partial charge >= 0.3 is 6.09 Å². The first-order chi connectivity index (χ1) is 10.2. The molecule has 0 aliphatic heterocycles. The summed E-state index contributed by atoms with van der Waals surface area (Å²) in [5.74, 6) is 0. The van der Waals surface area contributed by atoms with Crippen LogP contribution in [0, 0.1) is 0 Å². The van der Waals surface area contributed by atoms with Gasteiger partial charge in [0, 0.05) is 11.7 Å². The van der Waals surface area contributed by atoms with Crippen LogP contribution in [0.4, 0.5) is 10.5 Å². The Balaban J connectivity index is 1.90. The molecule has 110 valence electrons. The number of anilines is 1. The van der Waals surface area contributed by atoms with Crippen molar-refractivity contribution >= 4 is 11.8 Å². The maximum atomic E-state index is 11.8. The minimum atomic E-state index is -0.471. The van der Waals surface area contributed by atoms with E-state index in [2.05, 4.69) is 5.32 Å². The molecule has 4 nitrogen and oxygen atoms in total. The van der Waals surface area contributed by atoms with Gasteiger partial charge in [0.2, 0.25) is 0 Å². The molecular formula is C17H20N2O2. The molecule has 1 unspecified atom stereocenters. The Morgan fingerprint density at radius 3 is 2.67 bits per heavy atom. The van der Waals surface area contributed by atoms with E-state index in [4.69, 9.17) is 10.5 Å². The van der Waals surface area contributed by atoms with E-state index < -0.39 is 6.09 Å². The number of amides is 1. The summed E-state index contributed by atoms with van der Waals surface area (Å²) in [6, 6.07) is 17.1. The molecule has 21 heavy (non-hydrogen) atoms. The first-order valence-corrected chi connectivity index (χ1v) is 7.02. The lowest BCUT2D eigenvalue weighted by molar-refractivity contribution is 0.155. The largest absolute Gasteiger partial charge is 0.444 e. The average Bonchev–Trinajstić information content (AvgIpc) is 2.53. The monoisotopic (exact) mass is 284 g/mol. The summed E-state index contributed by atoms with van der Waals surface area (Å²) in [7, 11) is 0. The third kappa shape index (κ3) is 4.61. The Morgan fingerprint density at radius 2 is 1.95 bits per heavy atom. The molecule has 0 saturated carbocycles. The minimum Gasteiger partial charge on any atom is -0.444 e. The molecule has 0 saturated heterocycles. The van der Waals surface area contributed by atoms with Crippen molar-refractivity contribution in [3.8, 4) is 0 Å². The predicted molar refractivity (Wildman–Crippen MR) is 83.9 cm³/mol. The van der Waals surface area contributed by atoms with Crippen LogP contribution in [-0.4, -0.2) is 6.09 Å². The van der Waals surface area contributed by atoms with Gasteiger partial charge in [0.05, 0.1) is 0 Å². The van der Waals surface area contributed by atoms with Crippen molar-refractivity contribution in [3.05, 3.63) is 65.7 Å². The number of nitrogens with two attached hydrogens (primary N) is 1. The first-order valence-electron chi connectivity index (χ1n) is 7.02. The van der Waals surface area contributed by atoms with Gasteiger partial charge in [-0.2, -0.15) is 0 Å². The molecule has 0 aliphatic carbocycles. The molecule has 0 aromatic heterocycles. The van der Waals surface area contributed by atoms with E-state index >= 15 is 0 Å². The van der Waals surface area contributed by atoms with E-state index in [0.717, 1.165) is 17.5 Å². The van der Waals surface area contributed by atoms with Gasteiger partial charge in [-0.05, 0) is 29.7 Å². The lowest BCUT2D eigenvalue weighted by Gasteiger charge is -2.12. The second-order valence-electron chi connectivity index (χ2n) is 4.83. The number of ether oxygens (including phenoxy) is 1. The smallest absolute Gasteiger partial charge is 0.411 e. The maximum Gasteiger partial charge on any atom is 0.411 e. The minimum absolute atomic E-state index is 0.0212. The fraction of sp³-hybridized carbons (Fsp3) is 0.235. The Morgan fingerprint density at radius 1 is 1.19 bits per heavy atom. The molecule has 2 aromatic rings. The van der Waals surface area contributed by atoms with Crippen LogP contribution in [0.15, 0.2) is 54.6 Å². The van der Waals surface area contributed by atoms with Crippen LogP contribution in [0.3, 0.4) is 0 Å². The van der Waals surface area contributed by atoms with Crippen LogP contribution in [0.1, 0.15) is 30.5 Å². The molecule has 0 spiro atoms. The Kier molecular flexibility index (Phi) is 5.35. The van der Waals surface area contributed by atoms with Gasteiger partial charge in [-0.3, -0.25) is 5.32 Å². The zero-order chi connectivity index (χ0) is 15.1. The molecule has 3 N–H and O–H groups in total. The van der Waals surface area contributed by atoms with Crippen molar-refractivity contribution in [3.63, 3.8) is 0 Å². The lowest BCUT2D eigenvalue weighted by Crippen LogP contribution is -2.14. The summed E-state index contributed by atoms with van der Waals surface area (Å²) in [6.45, 7) is 2.28. The quantitative estimate of drug-likeness (QED) is 0.876. The number of nitrogens with one attached hydrogen (secondary N) is 1. The molecular weight excluding hydrogens is 264 g/mol. The summed E-state index contributed by atoms with van der Waals surface area (Å²) in [5.41, 5.74) is 8.63. The lowest BCUT2D eigenvalue weighted by atomic mass is 10.1. The van der Waals surface area contributed by atoms with Gasteiger partial charge in [0.25, 0.3) is 0 Å². The Labute approximate surface area is 124 Å². The fourth-order valence-corrected chi connectivity index (χ4v) is 1.96. The molecule has 0 bridgehead atoms. The number of carbonyl (C=O) groups excluding carboxylic acids is 1. The highest BCUT2D eigenvalue weighted by atomic mass is 16.5. The van der Waals surface area contributed by atoms with Crippen LogP contribution in [-0.2, 0) is 11.3 Å². The first kappa shape index (κ1) is 15.1. The Hall–Kier alpha value is -2.33. The Bertz CT molecular complexity index is 584. The van der Waals surface area contributed by atoms with Crippen molar-refractivity contribution in [2.75, 3.05) is 5.32 Å². The standard InChI is InChI=1S/C17H20N2O2/c1-2-16(18)14-9-6-10-15(11-14)19-17(20)21-12-13-7-4-3-5-8-13/h3-11,16H,2,12,18H2,1H3,(H,19,20). The van der Waals surface area contributed by atoms with E-state index in [1.165, 1.54) is 0 Å². The number of rotatable bonds is 5. The maximum absolute atomic E-state index is 11.8. The van der Waals surface area contributed by atoms with Crippen LogP contribution in [0.5, 0.6) is 0 Å². The molecule has 1 amide bonds. The van der Waals surface area contributed by atoms with E-state index in [9.17, 15) is 4.79 Å². The van der Waals surface area contributed by atoms with Gasteiger partial charge in [0.15, 0.2) is 0 Å². The number of carbonyl (C=O) groups is 1. The molecule has 2 rings (SSSR count). The summed E-state index contributed by atoms with van der Waals surface area (Å²) in [5, 5.41) is 2.71. The van der Waals surface area contributed by atoms with Crippen LogP contribution >= 0.6 is 0 Å². The van der Waals surface area contributed by atoms with Crippen molar-refractivity contribution in [2.24, 2.45) is 5.73 Å². The summed E-state index contributed by atoms with van der Waals surface area (Å²) in [4.78, 5) is 11.8. The van der Waals surface area contributed by atoms with Gasteiger partial charge in [-0.25, -0.2) is 4.79 Å². The number of hydrogen-bond acceptors (Lipinski definition) is 3. The second-order valence-corrected chi connectivity index (χ2v) is 4.83. The van der Waals surface area contributed by atoms with Crippen LogP contribution in [0.25, 0.3) is 0 Å². The van der Waals surface area contributed by atoms with Gasteiger partial charge < -0.3 is 10.5 Å². The van der Waals surface area contributed by atoms with Crippen molar-refractivity contribution in [1.29, 1.82) is 0 Å². The van der Waals surface area contributed by atoms with Crippen LogP contribution < -0.4 is 11.1 Å². The van der Waals surface area contributed by atoms with Crippen LogP contribution in [0.2, 0.25) is 0 Å². The predicted octanol–water partition coefficient (Wildman–Crippen LogP) is 3.85. The average molecular weight is 284 g/mol. The molecule has 0 radical (unpaired) electrons. The summed E-state index contributed by atoms with van der Waals surface area (Å²) < 4.78 is 5.18. The highest BCUT2D eigenvalue weighted by Crippen LogP contribution is 2.18. The van der Waals surface area contributed by atoms with Crippen molar-refractivity contribution < 1.29 is 9.53 Å². The summed E-state index contributed by atoms with van der Waals surface area (Å²) in [6.07, 6.45) is 0.378. The molecule has 0 fully saturated rings. The van der Waals surface area contributed by atoms with Gasteiger partial charge in [-0.15, -0.1) is 0 Å². The van der Waals surface area contributed by atoms with E-state index in [1.807, 2.05) is 61.5 Å². The topological polar surface area (TPSA) is 64.3 Å². The highest BCUT2D eigenvalue weighted by Gasteiger charge is 2.07.